The average Bonchev–Trinajstić information content (AvgIpc) is 2.44. The van der Waals surface area contributed by atoms with Gasteiger partial charge in [-0.15, -0.1) is 0 Å². The third-order valence-electron chi connectivity index (χ3n) is 3.07. The molecule has 0 saturated heterocycles. The van der Waals surface area contributed by atoms with Gasteiger partial charge in [-0.3, -0.25) is 9.59 Å². The number of benzene rings is 1. The number of rotatable bonds is 7. The lowest BCUT2D eigenvalue weighted by Gasteiger charge is -2.18. The van der Waals surface area contributed by atoms with Gasteiger partial charge in [0.15, 0.2) is 0 Å². The molecule has 1 rings (SSSR count). The summed E-state index contributed by atoms with van der Waals surface area (Å²) in [6.45, 7) is 5.84. The zero-order chi connectivity index (χ0) is 15.1. The van der Waals surface area contributed by atoms with Gasteiger partial charge in [0.25, 0.3) is 5.91 Å². The number of ether oxygens (including phenoxy) is 1. The minimum atomic E-state index is -0.933. The molecule has 5 heteroatoms. The number of carboxylic acids is 1. The minimum absolute atomic E-state index is 0.299. The largest absolute Gasteiger partial charge is 0.494 e. The SMILES string of the molecule is CCCOc1cccc(C(=O)NC(C)C(C)C(=O)O)c1. The van der Waals surface area contributed by atoms with Crippen molar-refractivity contribution in [2.75, 3.05) is 6.61 Å². The van der Waals surface area contributed by atoms with Gasteiger partial charge in [0.2, 0.25) is 0 Å². The van der Waals surface area contributed by atoms with E-state index in [0.29, 0.717) is 17.9 Å². The van der Waals surface area contributed by atoms with E-state index in [1.54, 1.807) is 38.1 Å². The van der Waals surface area contributed by atoms with E-state index in [2.05, 4.69) is 5.32 Å². The monoisotopic (exact) mass is 279 g/mol. The number of nitrogens with one attached hydrogen (secondary N) is 1. The molecule has 1 amide bonds. The Balaban J connectivity index is 2.69. The van der Waals surface area contributed by atoms with Crippen molar-refractivity contribution in [3.05, 3.63) is 29.8 Å². The number of aliphatic carboxylic acids is 1. The molecule has 2 atom stereocenters. The molecule has 0 heterocycles. The Bertz CT molecular complexity index is 473. The van der Waals surface area contributed by atoms with Crippen LogP contribution in [0.25, 0.3) is 0 Å². The van der Waals surface area contributed by atoms with E-state index in [0.717, 1.165) is 6.42 Å². The topological polar surface area (TPSA) is 75.6 Å². The van der Waals surface area contributed by atoms with Crippen molar-refractivity contribution < 1.29 is 19.4 Å². The van der Waals surface area contributed by atoms with Gasteiger partial charge in [0, 0.05) is 11.6 Å². The molecule has 5 nitrogen and oxygen atoms in total. The molecule has 0 saturated carbocycles. The zero-order valence-corrected chi connectivity index (χ0v) is 12.1. The number of carboxylic acid groups (broad SMARTS) is 1. The molecule has 0 spiro atoms. The van der Waals surface area contributed by atoms with Crippen molar-refractivity contribution in [1.82, 2.24) is 5.32 Å². The van der Waals surface area contributed by atoms with Gasteiger partial charge >= 0.3 is 5.97 Å². The van der Waals surface area contributed by atoms with E-state index < -0.39 is 17.9 Å². The summed E-state index contributed by atoms with van der Waals surface area (Å²) < 4.78 is 5.46. The Morgan fingerprint density at radius 3 is 2.65 bits per heavy atom. The summed E-state index contributed by atoms with van der Waals surface area (Å²) in [7, 11) is 0. The lowest BCUT2D eigenvalue weighted by Crippen LogP contribution is -2.40. The molecule has 2 N–H and O–H groups in total. The lowest BCUT2D eigenvalue weighted by molar-refractivity contribution is -0.141. The quantitative estimate of drug-likeness (QED) is 0.803. The van der Waals surface area contributed by atoms with Crippen LogP contribution in [0.1, 0.15) is 37.6 Å². The van der Waals surface area contributed by atoms with Crippen molar-refractivity contribution in [2.45, 2.75) is 33.2 Å². The Labute approximate surface area is 118 Å². The first-order valence-electron chi connectivity index (χ1n) is 6.72. The normalized spacial score (nSPS) is 13.3. The Kier molecular flexibility index (Phi) is 6.03. The second-order valence-electron chi connectivity index (χ2n) is 4.77. The van der Waals surface area contributed by atoms with Crippen molar-refractivity contribution in [2.24, 2.45) is 5.92 Å². The maximum atomic E-state index is 12.0. The summed E-state index contributed by atoms with van der Waals surface area (Å²) in [5.74, 6) is -1.23. The van der Waals surface area contributed by atoms with Gasteiger partial charge in [-0.2, -0.15) is 0 Å². The van der Waals surface area contributed by atoms with Crippen LogP contribution in [-0.4, -0.2) is 29.6 Å². The summed E-state index contributed by atoms with van der Waals surface area (Å²) in [6.07, 6.45) is 0.892. The molecule has 2 unspecified atom stereocenters. The van der Waals surface area contributed by atoms with Crippen molar-refractivity contribution in [1.29, 1.82) is 0 Å². The fourth-order valence-corrected chi connectivity index (χ4v) is 1.58. The highest BCUT2D eigenvalue weighted by atomic mass is 16.5. The smallest absolute Gasteiger partial charge is 0.308 e. The predicted molar refractivity (Wildman–Crippen MR) is 76.0 cm³/mol. The molecule has 1 aromatic carbocycles. The van der Waals surface area contributed by atoms with Crippen LogP contribution in [0.3, 0.4) is 0 Å². The Morgan fingerprint density at radius 1 is 1.35 bits per heavy atom. The summed E-state index contributed by atoms with van der Waals surface area (Å²) >= 11 is 0. The number of carbonyl (C=O) groups is 2. The van der Waals surface area contributed by atoms with Crippen LogP contribution in [0.15, 0.2) is 24.3 Å². The van der Waals surface area contributed by atoms with Crippen LogP contribution in [0.5, 0.6) is 5.75 Å². The number of hydrogen-bond acceptors (Lipinski definition) is 3. The fraction of sp³-hybridized carbons (Fsp3) is 0.467. The highest BCUT2D eigenvalue weighted by Gasteiger charge is 2.21. The van der Waals surface area contributed by atoms with Gasteiger partial charge < -0.3 is 15.2 Å². The van der Waals surface area contributed by atoms with Crippen LogP contribution in [0, 0.1) is 5.92 Å². The first-order valence-corrected chi connectivity index (χ1v) is 6.72. The van der Waals surface area contributed by atoms with E-state index in [-0.39, 0.29) is 5.91 Å². The molecule has 0 aliphatic carbocycles. The molecule has 0 aliphatic rings. The second kappa shape index (κ2) is 7.53. The fourth-order valence-electron chi connectivity index (χ4n) is 1.58. The standard InChI is InChI=1S/C15H21NO4/c1-4-8-20-13-7-5-6-12(9-13)14(17)16-11(3)10(2)15(18)19/h5-7,9-11H,4,8H2,1-3H3,(H,16,17)(H,18,19). The molecule has 0 aromatic heterocycles. The molecular weight excluding hydrogens is 258 g/mol. The average molecular weight is 279 g/mol. The molecule has 0 aliphatic heterocycles. The van der Waals surface area contributed by atoms with E-state index in [1.165, 1.54) is 0 Å². The number of carbonyl (C=O) groups excluding carboxylic acids is 1. The van der Waals surface area contributed by atoms with Gasteiger partial charge in [0.05, 0.1) is 12.5 Å². The van der Waals surface area contributed by atoms with Crippen molar-refractivity contribution in [3.8, 4) is 5.75 Å². The number of hydrogen-bond donors (Lipinski definition) is 2. The van der Waals surface area contributed by atoms with E-state index >= 15 is 0 Å². The second-order valence-corrected chi connectivity index (χ2v) is 4.77. The first-order chi connectivity index (χ1) is 9.45. The van der Waals surface area contributed by atoms with Gasteiger partial charge in [-0.25, -0.2) is 0 Å². The molecule has 0 radical (unpaired) electrons. The maximum absolute atomic E-state index is 12.0. The maximum Gasteiger partial charge on any atom is 0.308 e. The molecule has 20 heavy (non-hydrogen) atoms. The minimum Gasteiger partial charge on any atom is -0.494 e. The Morgan fingerprint density at radius 2 is 2.05 bits per heavy atom. The van der Waals surface area contributed by atoms with E-state index in [4.69, 9.17) is 9.84 Å². The van der Waals surface area contributed by atoms with Crippen LogP contribution >= 0.6 is 0 Å². The summed E-state index contributed by atoms with van der Waals surface area (Å²) in [4.78, 5) is 22.9. The summed E-state index contributed by atoms with van der Waals surface area (Å²) in [6, 6.07) is 6.41. The zero-order valence-electron chi connectivity index (χ0n) is 12.1. The molecule has 110 valence electrons. The van der Waals surface area contributed by atoms with Crippen molar-refractivity contribution >= 4 is 11.9 Å². The molecular formula is C15H21NO4. The van der Waals surface area contributed by atoms with Crippen LogP contribution in [0.2, 0.25) is 0 Å². The van der Waals surface area contributed by atoms with Gasteiger partial charge in [0.1, 0.15) is 5.75 Å². The first kappa shape index (κ1) is 16.0. The van der Waals surface area contributed by atoms with Crippen LogP contribution in [-0.2, 0) is 4.79 Å². The molecule has 0 fully saturated rings. The van der Waals surface area contributed by atoms with E-state index in [9.17, 15) is 9.59 Å². The highest BCUT2D eigenvalue weighted by molar-refractivity contribution is 5.95. The molecule has 1 aromatic rings. The third-order valence-corrected chi connectivity index (χ3v) is 3.07. The summed E-state index contributed by atoms with van der Waals surface area (Å²) in [5, 5.41) is 11.6. The predicted octanol–water partition coefficient (Wildman–Crippen LogP) is 2.31. The van der Waals surface area contributed by atoms with Crippen LogP contribution < -0.4 is 10.1 Å². The highest BCUT2D eigenvalue weighted by Crippen LogP contribution is 2.14. The molecule has 0 bridgehead atoms. The third kappa shape index (κ3) is 4.57. The Hall–Kier alpha value is -2.04. The van der Waals surface area contributed by atoms with E-state index in [1.807, 2.05) is 6.92 Å². The van der Waals surface area contributed by atoms with Gasteiger partial charge in [-0.05, 0) is 38.5 Å². The lowest BCUT2D eigenvalue weighted by atomic mass is 10.0. The summed E-state index contributed by atoms with van der Waals surface area (Å²) in [5.41, 5.74) is 0.461. The van der Waals surface area contributed by atoms with Crippen LogP contribution in [0.4, 0.5) is 0 Å². The van der Waals surface area contributed by atoms with Gasteiger partial charge in [-0.1, -0.05) is 13.0 Å². The number of amides is 1. The van der Waals surface area contributed by atoms with Crippen molar-refractivity contribution in [3.63, 3.8) is 0 Å².